The second kappa shape index (κ2) is 6.69. The van der Waals surface area contributed by atoms with Gasteiger partial charge in [0.25, 0.3) is 0 Å². The topological polar surface area (TPSA) is 78.4 Å². The first-order chi connectivity index (χ1) is 8.40. The average Bonchev–Trinajstić information content (AvgIpc) is 2.29. The predicted octanol–water partition coefficient (Wildman–Crippen LogP) is 1.60. The summed E-state index contributed by atoms with van der Waals surface area (Å²) >= 11 is 2.20. The van der Waals surface area contributed by atoms with Gasteiger partial charge in [0.2, 0.25) is 5.91 Å². The van der Waals surface area contributed by atoms with Crippen LogP contribution in [0.2, 0.25) is 0 Å². The molecule has 0 spiro atoms. The van der Waals surface area contributed by atoms with Gasteiger partial charge >= 0.3 is 5.97 Å². The predicted molar refractivity (Wildman–Crippen MR) is 77.6 cm³/mol. The molecule has 0 bridgehead atoms. The molecule has 0 unspecified atom stereocenters. The number of carbonyl (C=O) groups excluding carboxylic acids is 1. The summed E-state index contributed by atoms with van der Waals surface area (Å²) in [6.07, 6.45) is 0. The second-order valence-corrected chi connectivity index (χ2v) is 5.19. The van der Waals surface area contributed by atoms with Crippen LogP contribution in [-0.2, 0) is 9.59 Å². The van der Waals surface area contributed by atoms with Crippen LogP contribution in [0, 0.1) is 10.5 Å². The monoisotopic (exact) mass is 362 g/mol. The number of aliphatic carboxylic acids is 1. The van der Waals surface area contributed by atoms with Gasteiger partial charge in [-0.25, -0.2) is 0 Å². The quantitative estimate of drug-likeness (QED) is 0.696. The summed E-state index contributed by atoms with van der Waals surface area (Å²) in [4.78, 5) is 22.2. The highest BCUT2D eigenvalue weighted by atomic mass is 127. The number of rotatable bonds is 5. The van der Waals surface area contributed by atoms with Gasteiger partial charge < -0.3 is 10.4 Å². The molecular formula is C12H15IN2O3. The fourth-order valence-corrected chi connectivity index (χ4v) is 1.94. The third-order valence-corrected chi connectivity index (χ3v) is 3.07. The molecule has 1 atom stereocenters. The van der Waals surface area contributed by atoms with Crippen molar-refractivity contribution in [1.29, 1.82) is 0 Å². The lowest BCUT2D eigenvalue weighted by atomic mass is 10.2. The highest BCUT2D eigenvalue weighted by Crippen LogP contribution is 2.17. The van der Waals surface area contributed by atoms with Gasteiger partial charge in [-0.15, -0.1) is 0 Å². The number of aryl methyl sites for hydroxylation is 1. The van der Waals surface area contributed by atoms with Crippen LogP contribution in [0.4, 0.5) is 5.69 Å². The Labute approximate surface area is 119 Å². The number of carboxylic acid groups (broad SMARTS) is 1. The fourth-order valence-electron chi connectivity index (χ4n) is 1.29. The maximum atomic E-state index is 11.6. The number of anilines is 1. The van der Waals surface area contributed by atoms with E-state index >= 15 is 0 Å². The van der Waals surface area contributed by atoms with Crippen LogP contribution in [0.25, 0.3) is 0 Å². The minimum absolute atomic E-state index is 0.0289. The Bertz CT molecular complexity index is 463. The zero-order chi connectivity index (χ0) is 13.7. The number of amides is 1. The van der Waals surface area contributed by atoms with Crippen LogP contribution >= 0.6 is 22.6 Å². The van der Waals surface area contributed by atoms with Crippen molar-refractivity contribution in [3.8, 4) is 0 Å². The normalized spacial score (nSPS) is 11.9. The van der Waals surface area contributed by atoms with Crippen LogP contribution in [0.1, 0.15) is 12.5 Å². The maximum Gasteiger partial charge on any atom is 0.320 e. The maximum absolute atomic E-state index is 11.6. The van der Waals surface area contributed by atoms with E-state index in [1.54, 1.807) is 0 Å². The van der Waals surface area contributed by atoms with Crippen LogP contribution in [0.5, 0.6) is 0 Å². The Morgan fingerprint density at radius 3 is 2.67 bits per heavy atom. The molecule has 1 aromatic rings. The van der Waals surface area contributed by atoms with E-state index < -0.39 is 12.0 Å². The van der Waals surface area contributed by atoms with E-state index in [0.717, 1.165) is 14.8 Å². The van der Waals surface area contributed by atoms with Crippen molar-refractivity contribution < 1.29 is 14.7 Å². The van der Waals surface area contributed by atoms with E-state index in [9.17, 15) is 9.59 Å². The number of hydrogen-bond acceptors (Lipinski definition) is 3. The third kappa shape index (κ3) is 4.61. The molecule has 3 N–H and O–H groups in total. The Kier molecular flexibility index (Phi) is 5.54. The number of halogens is 1. The van der Waals surface area contributed by atoms with Gasteiger partial charge in [0.1, 0.15) is 6.04 Å². The smallest absolute Gasteiger partial charge is 0.320 e. The molecule has 0 heterocycles. The Balaban J connectivity index is 2.52. The number of hydrogen-bond donors (Lipinski definition) is 3. The van der Waals surface area contributed by atoms with Crippen molar-refractivity contribution in [2.45, 2.75) is 19.9 Å². The van der Waals surface area contributed by atoms with Gasteiger partial charge in [0, 0.05) is 9.26 Å². The number of benzene rings is 1. The van der Waals surface area contributed by atoms with Gasteiger partial charge in [0.15, 0.2) is 0 Å². The molecule has 0 aliphatic heterocycles. The molecule has 1 amide bonds. The summed E-state index contributed by atoms with van der Waals surface area (Å²) in [5, 5.41) is 14.0. The zero-order valence-electron chi connectivity index (χ0n) is 10.2. The van der Waals surface area contributed by atoms with E-state index in [4.69, 9.17) is 5.11 Å². The van der Waals surface area contributed by atoms with Crippen LogP contribution in [-0.4, -0.2) is 29.6 Å². The first-order valence-electron chi connectivity index (χ1n) is 5.42. The Morgan fingerprint density at radius 2 is 2.11 bits per heavy atom. The van der Waals surface area contributed by atoms with E-state index in [1.807, 2.05) is 25.1 Å². The highest BCUT2D eigenvalue weighted by Gasteiger charge is 2.12. The lowest BCUT2D eigenvalue weighted by Crippen LogP contribution is -2.39. The molecule has 1 rings (SSSR count). The first kappa shape index (κ1) is 14.9. The molecule has 0 aromatic heterocycles. The molecule has 0 aliphatic carbocycles. The van der Waals surface area contributed by atoms with Gasteiger partial charge in [-0.05, 0) is 60.2 Å². The summed E-state index contributed by atoms with van der Waals surface area (Å²) in [7, 11) is 0. The molecule has 1 aromatic carbocycles. The standard InChI is InChI=1S/C12H15IN2O3/c1-7-5-9(13)3-4-10(7)15-11(16)6-14-8(2)12(17)18/h3-5,8,14H,6H2,1-2H3,(H,15,16)(H,17,18)/t8-/m1/s1. The van der Waals surface area contributed by atoms with E-state index in [1.165, 1.54) is 6.92 Å². The van der Waals surface area contributed by atoms with Gasteiger partial charge in [-0.2, -0.15) is 0 Å². The minimum Gasteiger partial charge on any atom is -0.480 e. The van der Waals surface area contributed by atoms with E-state index in [0.29, 0.717) is 0 Å². The molecule has 6 heteroatoms. The van der Waals surface area contributed by atoms with Crippen LogP contribution in [0.3, 0.4) is 0 Å². The van der Waals surface area contributed by atoms with Crippen molar-refractivity contribution in [2.75, 3.05) is 11.9 Å². The summed E-state index contributed by atoms with van der Waals surface area (Å²) in [6.45, 7) is 3.37. The van der Waals surface area contributed by atoms with E-state index in [2.05, 4.69) is 33.2 Å². The molecule has 0 aliphatic rings. The summed E-state index contributed by atoms with van der Waals surface area (Å²) in [5.74, 6) is -1.24. The van der Waals surface area contributed by atoms with Crippen molar-refractivity contribution in [2.24, 2.45) is 0 Å². The van der Waals surface area contributed by atoms with Crippen LogP contribution in [0.15, 0.2) is 18.2 Å². The molecule has 18 heavy (non-hydrogen) atoms. The van der Waals surface area contributed by atoms with E-state index in [-0.39, 0.29) is 12.5 Å². The van der Waals surface area contributed by atoms with Crippen molar-refractivity contribution >= 4 is 40.2 Å². The lowest BCUT2D eigenvalue weighted by Gasteiger charge is -2.11. The molecule has 0 saturated carbocycles. The molecule has 98 valence electrons. The second-order valence-electron chi connectivity index (χ2n) is 3.95. The van der Waals surface area contributed by atoms with Gasteiger partial charge in [-0.3, -0.25) is 14.9 Å². The number of carboxylic acids is 1. The molecule has 5 nitrogen and oxygen atoms in total. The molecule has 0 radical (unpaired) electrons. The summed E-state index contributed by atoms with van der Waals surface area (Å²) in [5.41, 5.74) is 1.71. The zero-order valence-corrected chi connectivity index (χ0v) is 12.3. The van der Waals surface area contributed by atoms with Gasteiger partial charge in [-0.1, -0.05) is 0 Å². The van der Waals surface area contributed by atoms with Gasteiger partial charge in [0.05, 0.1) is 6.54 Å². The third-order valence-electron chi connectivity index (χ3n) is 2.40. The summed E-state index contributed by atoms with van der Waals surface area (Å²) in [6, 6.07) is 4.95. The lowest BCUT2D eigenvalue weighted by molar-refractivity contribution is -0.139. The van der Waals surface area contributed by atoms with Crippen molar-refractivity contribution in [3.05, 3.63) is 27.3 Å². The molecule has 0 saturated heterocycles. The van der Waals surface area contributed by atoms with Crippen molar-refractivity contribution in [3.63, 3.8) is 0 Å². The number of carbonyl (C=O) groups is 2. The first-order valence-corrected chi connectivity index (χ1v) is 6.50. The average molecular weight is 362 g/mol. The minimum atomic E-state index is -0.978. The Morgan fingerprint density at radius 1 is 1.44 bits per heavy atom. The largest absolute Gasteiger partial charge is 0.480 e. The number of nitrogens with one attached hydrogen (secondary N) is 2. The summed E-state index contributed by atoms with van der Waals surface area (Å²) < 4.78 is 1.10. The Hall–Kier alpha value is -1.15. The van der Waals surface area contributed by atoms with Crippen molar-refractivity contribution in [1.82, 2.24) is 5.32 Å². The molecule has 0 fully saturated rings. The fraction of sp³-hybridized carbons (Fsp3) is 0.333. The SMILES string of the molecule is Cc1cc(I)ccc1NC(=O)CN[C@H](C)C(=O)O. The molecular weight excluding hydrogens is 347 g/mol. The van der Waals surface area contributed by atoms with Crippen LogP contribution < -0.4 is 10.6 Å². The highest BCUT2D eigenvalue weighted by molar-refractivity contribution is 14.1.